The van der Waals surface area contributed by atoms with E-state index in [0.717, 1.165) is 12.3 Å². The molecule has 1 rings (SSSR count). The first-order chi connectivity index (χ1) is 10.3. The van der Waals surface area contributed by atoms with E-state index in [1.165, 1.54) is 6.07 Å². The summed E-state index contributed by atoms with van der Waals surface area (Å²) in [6, 6.07) is 2.78. The van der Waals surface area contributed by atoms with E-state index in [2.05, 4.69) is 4.99 Å². The number of halogens is 3. The maximum Gasteiger partial charge on any atom is 0.416 e. The zero-order chi connectivity index (χ0) is 18.0. The van der Waals surface area contributed by atoms with E-state index in [1.807, 2.05) is 0 Å². The minimum atomic E-state index is -4.62. The van der Waals surface area contributed by atoms with Crippen LogP contribution < -0.4 is 0 Å². The first-order valence-electron chi connectivity index (χ1n) is 6.62. The SMILES string of the molecule is CN(C)C(=NCc1cc(C(F)(F)F)cc(S(C)(=O)=O)c1)N(C)C. The van der Waals surface area contributed by atoms with Gasteiger partial charge in [0.25, 0.3) is 0 Å². The summed E-state index contributed by atoms with van der Waals surface area (Å²) >= 11 is 0. The maximum atomic E-state index is 12.9. The number of sulfone groups is 1. The smallest absolute Gasteiger partial charge is 0.349 e. The van der Waals surface area contributed by atoms with Crippen molar-refractivity contribution in [3.05, 3.63) is 29.3 Å². The molecule has 5 nitrogen and oxygen atoms in total. The van der Waals surface area contributed by atoms with Crippen LogP contribution in [0.4, 0.5) is 13.2 Å². The molecule has 0 aromatic heterocycles. The van der Waals surface area contributed by atoms with Crippen LogP contribution in [-0.4, -0.2) is 58.6 Å². The quantitative estimate of drug-likeness (QED) is 0.618. The highest BCUT2D eigenvalue weighted by molar-refractivity contribution is 7.90. The van der Waals surface area contributed by atoms with Gasteiger partial charge >= 0.3 is 6.18 Å². The van der Waals surface area contributed by atoms with Crippen LogP contribution in [0.2, 0.25) is 0 Å². The Bertz CT molecular complexity index is 686. The second-order valence-corrected chi connectivity index (χ2v) is 7.56. The van der Waals surface area contributed by atoms with Gasteiger partial charge in [0.05, 0.1) is 17.0 Å². The van der Waals surface area contributed by atoms with Gasteiger partial charge in [0, 0.05) is 34.4 Å². The number of hydrogen-bond acceptors (Lipinski definition) is 3. The van der Waals surface area contributed by atoms with Crippen molar-refractivity contribution in [2.45, 2.75) is 17.6 Å². The molecule has 0 heterocycles. The lowest BCUT2D eigenvalue weighted by Crippen LogP contribution is -2.35. The first kappa shape index (κ1) is 19.3. The number of guanidine groups is 1. The Morgan fingerprint density at radius 2 is 1.61 bits per heavy atom. The second-order valence-electron chi connectivity index (χ2n) is 5.54. The summed E-state index contributed by atoms with van der Waals surface area (Å²) in [4.78, 5) is 7.31. The average molecular weight is 351 g/mol. The molecule has 1 aromatic carbocycles. The molecule has 0 spiro atoms. The van der Waals surface area contributed by atoms with Crippen LogP contribution in [0.15, 0.2) is 28.1 Å². The molecule has 9 heteroatoms. The van der Waals surface area contributed by atoms with Gasteiger partial charge < -0.3 is 9.80 Å². The van der Waals surface area contributed by atoms with Crippen LogP contribution in [0.1, 0.15) is 11.1 Å². The van der Waals surface area contributed by atoms with Gasteiger partial charge in [-0.25, -0.2) is 13.4 Å². The maximum absolute atomic E-state index is 12.9. The third-order valence-corrected chi connectivity index (χ3v) is 4.02. The Kier molecular flexibility index (Phi) is 5.68. The Labute approximate surface area is 134 Å². The molecule has 0 fully saturated rings. The molecule has 0 aliphatic heterocycles. The Balaban J connectivity index is 3.34. The molecule has 0 unspecified atom stereocenters. The summed E-state index contributed by atoms with van der Waals surface area (Å²) in [7, 11) is 3.28. The Morgan fingerprint density at radius 3 is 2.00 bits per heavy atom. The fraction of sp³-hybridized carbons (Fsp3) is 0.500. The van der Waals surface area contributed by atoms with Crippen molar-refractivity contribution >= 4 is 15.8 Å². The van der Waals surface area contributed by atoms with E-state index in [1.54, 1.807) is 38.0 Å². The lowest BCUT2D eigenvalue weighted by molar-refractivity contribution is -0.137. The lowest BCUT2D eigenvalue weighted by Gasteiger charge is -2.22. The number of nitrogens with zero attached hydrogens (tertiary/aromatic N) is 3. The molecule has 0 aliphatic rings. The van der Waals surface area contributed by atoms with Crippen molar-refractivity contribution in [1.82, 2.24) is 9.80 Å². The number of alkyl halides is 3. The molecular formula is C14H20F3N3O2S. The number of hydrogen-bond donors (Lipinski definition) is 0. The molecule has 23 heavy (non-hydrogen) atoms. The van der Waals surface area contributed by atoms with Crippen LogP contribution >= 0.6 is 0 Å². The monoisotopic (exact) mass is 351 g/mol. The predicted octanol–water partition coefficient (Wildman–Crippen LogP) is 2.09. The van der Waals surface area contributed by atoms with E-state index in [-0.39, 0.29) is 17.0 Å². The van der Waals surface area contributed by atoms with E-state index in [9.17, 15) is 21.6 Å². The minimum Gasteiger partial charge on any atom is -0.349 e. The summed E-state index contributed by atoms with van der Waals surface area (Å²) < 4.78 is 62.0. The minimum absolute atomic E-state index is 0.0574. The zero-order valence-corrected chi connectivity index (χ0v) is 14.5. The molecule has 0 atom stereocenters. The van der Waals surface area contributed by atoms with Gasteiger partial charge in [-0.15, -0.1) is 0 Å². The van der Waals surface area contributed by atoms with Gasteiger partial charge in [0.2, 0.25) is 0 Å². The highest BCUT2D eigenvalue weighted by atomic mass is 32.2. The summed E-state index contributed by atoms with van der Waals surface area (Å²) in [6.45, 7) is -0.0574. The molecule has 0 saturated carbocycles. The van der Waals surface area contributed by atoms with Gasteiger partial charge in [-0.2, -0.15) is 13.2 Å². The summed E-state index contributed by atoms with van der Waals surface area (Å²) in [5, 5.41) is 0. The Morgan fingerprint density at radius 1 is 1.09 bits per heavy atom. The molecule has 0 radical (unpaired) electrons. The average Bonchev–Trinajstić information content (AvgIpc) is 2.35. The van der Waals surface area contributed by atoms with E-state index < -0.39 is 21.6 Å². The Hall–Kier alpha value is -1.77. The van der Waals surface area contributed by atoms with Gasteiger partial charge in [0.15, 0.2) is 15.8 Å². The molecule has 0 aliphatic carbocycles. The van der Waals surface area contributed by atoms with Crippen molar-refractivity contribution in [2.24, 2.45) is 4.99 Å². The van der Waals surface area contributed by atoms with Crippen molar-refractivity contribution in [2.75, 3.05) is 34.4 Å². The van der Waals surface area contributed by atoms with E-state index in [4.69, 9.17) is 0 Å². The van der Waals surface area contributed by atoms with Crippen molar-refractivity contribution in [3.63, 3.8) is 0 Å². The molecule has 1 aromatic rings. The van der Waals surface area contributed by atoms with Gasteiger partial charge in [-0.05, 0) is 23.8 Å². The first-order valence-corrected chi connectivity index (χ1v) is 8.52. The van der Waals surface area contributed by atoms with E-state index in [0.29, 0.717) is 12.0 Å². The normalized spacial score (nSPS) is 12.0. The largest absolute Gasteiger partial charge is 0.416 e. The second kappa shape index (κ2) is 6.77. The van der Waals surface area contributed by atoms with Crippen molar-refractivity contribution in [3.8, 4) is 0 Å². The van der Waals surface area contributed by atoms with E-state index >= 15 is 0 Å². The van der Waals surface area contributed by atoms with Crippen LogP contribution in [0.3, 0.4) is 0 Å². The molecule has 0 amide bonds. The number of benzene rings is 1. The van der Waals surface area contributed by atoms with Gasteiger partial charge in [-0.3, -0.25) is 0 Å². The fourth-order valence-corrected chi connectivity index (χ4v) is 2.68. The topological polar surface area (TPSA) is 53.0 Å². The van der Waals surface area contributed by atoms with Gasteiger partial charge in [-0.1, -0.05) is 0 Å². The fourth-order valence-electron chi connectivity index (χ4n) is 1.97. The zero-order valence-electron chi connectivity index (χ0n) is 13.6. The standard InChI is InChI=1S/C14H20F3N3O2S/c1-19(2)13(20(3)4)18-9-10-6-11(14(15,16)17)8-12(7-10)23(5,21)22/h6-8H,9H2,1-5H3. The highest BCUT2D eigenvalue weighted by Gasteiger charge is 2.32. The van der Waals surface area contributed by atoms with Crippen LogP contribution in [0.25, 0.3) is 0 Å². The number of aliphatic imine (C=N–C) groups is 1. The summed E-state index contributed by atoms with van der Waals surface area (Å²) in [6.07, 6.45) is -3.74. The van der Waals surface area contributed by atoms with Crippen molar-refractivity contribution in [1.29, 1.82) is 0 Å². The molecule has 0 bridgehead atoms. The summed E-state index contributed by atoms with van der Waals surface area (Å²) in [5.74, 6) is 0.559. The molecule has 0 saturated heterocycles. The third-order valence-electron chi connectivity index (χ3n) is 2.92. The number of rotatable bonds is 3. The molecule has 0 N–H and O–H groups in total. The third kappa shape index (κ3) is 5.42. The highest BCUT2D eigenvalue weighted by Crippen LogP contribution is 2.32. The van der Waals surface area contributed by atoms with Crippen molar-refractivity contribution < 1.29 is 21.6 Å². The predicted molar refractivity (Wildman–Crippen MR) is 83.1 cm³/mol. The molecular weight excluding hydrogens is 331 g/mol. The summed E-state index contributed by atoms with van der Waals surface area (Å²) in [5.41, 5.74) is -0.816. The van der Waals surface area contributed by atoms with Crippen LogP contribution in [0, 0.1) is 0 Å². The molecule has 130 valence electrons. The van der Waals surface area contributed by atoms with Gasteiger partial charge in [0.1, 0.15) is 0 Å². The van der Waals surface area contributed by atoms with Crippen LogP contribution in [0.5, 0.6) is 0 Å². The van der Waals surface area contributed by atoms with Crippen LogP contribution in [-0.2, 0) is 22.6 Å². The lowest BCUT2D eigenvalue weighted by atomic mass is 10.1.